The highest BCUT2D eigenvalue weighted by molar-refractivity contribution is 5.61. The second-order valence-electron chi connectivity index (χ2n) is 0.722. The summed E-state index contributed by atoms with van der Waals surface area (Å²) >= 11 is 0. The van der Waals surface area contributed by atoms with E-state index in [1.165, 1.54) is 0 Å². The monoisotopic (exact) mass is 138 g/mol. The van der Waals surface area contributed by atoms with Crippen molar-refractivity contribution in [1.82, 2.24) is 0 Å². The van der Waals surface area contributed by atoms with Crippen LogP contribution < -0.4 is 11.6 Å². The van der Waals surface area contributed by atoms with Crippen LogP contribution in [0.15, 0.2) is 0 Å². The summed E-state index contributed by atoms with van der Waals surface area (Å²) < 4.78 is 0. The smallest absolute Gasteiger partial charge is 0.465 e. The molecule has 0 saturated heterocycles. The number of rotatable bonds is 0. The number of carbonyl (C=O) groups is 2. The Hall–Kier alpha value is -1.50. The highest BCUT2D eigenvalue weighted by atomic mass is 16.7. The minimum absolute atomic E-state index is 1.33. The molecular formula is C2H6N2O5. The maximum Gasteiger partial charge on any atom is 0.524 e. The van der Waals surface area contributed by atoms with Gasteiger partial charge >= 0.3 is 12.2 Å². The van der Waals surface area contributed by atoms with E-state index in [0.29, 0.717) is 0 Å². The molecule has 7 heteroatoms. The molecule has 0 bridgehead atoms. The minimum Gasteiger partial charge on any atom is -0.465 e. The van der Waals surface area contributed by atoms with Crippen LogP contribution in [0.5, 0.6) is 0 Å². The molecule has 0 aliphatic rings. The average molecular weight is 138 g/mol. The predicted molar refractivity (Wildman–Crippen MR) is 25.5 cm³/mol. The van der Waals surface area contributed by atoms with Gasteiger partial charge < -0.3 is 20.8 Å². The first kappa shape index (κ1) is 10.5. The van der Waals surface area contributed by atoms with E-state index in [1.54, 1.807) is 0 Å². The van der Waals surface area contributed by atoms with E-state index in [1.807, 2.05) is 0 Å². The van der Waals surface area contributed by atoms with Crippen LogP contribution in [0, 0.1) is 0 Å². The molecule has 0 aromatic heterocycles. The fraction of sp³-hybridized carbons (Fsp3) is 0. The van der Waals surface area contributed by atoms with Crippen LogP contribution in [-0.4, -0.2) is 22.5 Å². The van der Waals surface area contributed by atoms with E-state index in [-0.39, 0.29) is 0 Å². The van der Waals surface area contributed by atoms with Gasteiger partial charge in [-0.1, -0.05) is 0 Å². The Morgan fingerprint density at radius 1 is 1.33 bits per heavy atom. The molecule has 0 saturated carbocycles. The summed E-state index contributed by atoms with van der Waals surface area (Å²) in [5.74, 6) is 4.07. The van der Waals surface area contributed by atoms with Crippen molar-refractivity contribution in [2.75, 3.05) is 0 Å². The second-order valence-corrected chi connectivity index (χ2v) is 0.722. The van der Waals surface area contributed by atoms with Crippen LogP contribution in [0.1, 0.15) is 0 Å². The third-order valence-electron chi connectivity index (χ3n) is 0.101. The Labute approximate surface area is 49.8 Å². The quantitative estimate of drug-likeness (QED) is 0.323. The molecule has 54 valence electrons. The first-order valence-corrected chi connectivity index (χ1v) is 1.58. The Kier molecular flexibility index (Phi) is 7.57. The second kappa shape index (κ2) is 6.50. The molecule has 7 nitrogen and oxygen atoms in total. The first-order chi connectivity index (χ1) is 4.00. The van der Waals surface area contributed by atoms with E-state index in [4.69, 9.17) is 19.8 Å². The summed E-state index contributed by atoms with van der Waals surface area (Å²) in [5, 5.41) is 14.6. The number of carboxylic acid groups (broad SMARTS) is 2. The SMILES string of the molecule is NC(=O)O.NOC(=O)O. The van der Waals surface area contributed by atoms with Gasteiger partial charge in [0.05, 0.1) is 0 Å². The topological polar surface area (TPSA) is 136 Å². The normalized spacial score (nSPS) is 6.33. The third-order valence-corrected chi connectivity index (χ3v) is 0.101. The van der Waals surface area contributed by atoms with Crippen molar-refractivity contribution in [3.8, 4) is 0 Å². The van der Waals surface area contributed by atoms with Crippen LogP contribution >= 0.6 is 0 Å². The van der Waals surface area contributed by atoms with Gasteiger partial charge in [0.1, 0.15) is 0 Å². The van der Waals surface area contributed by atoms with Crippen LogP contribution in [-0.2, 0) is 4.84 Å². The first-order valence-electron chi connectivity index (χ1n) is 1.58. The molecule has 0 unspecified atom stereocenters. The summed E-state index contributed by atoms with van der Waals surface area (Å²) in [4.78, 5) is 21.0. The molecule has 9 heavy (non-hydrogen) atoms. The van der Waals surface area contributed by atoms with Gasteiger partial charge in [-0.3, -0.25) is 0 Å². The zero-order valence-electron chi connectivity index (χ0n) is 4.27. The standard InChI is InChI=1S/CH3NO3.CH3NO2/c2-5-1(3)4;2-1(3)4/h2H2,(H,3,4);2H2,(H,3,4). The van der Waals surface area contributed by atoms with Crippen LogP contribution in [0.3, 0.4) is 0 Å². The largest absolute Gasteiger partial charge is 0.524 e. The lowest BCUT2D eigenvalue weighted by Crippen LogP contribution is -2.04. The molecule has 0 fully saturated rings. The summed E-state index contributed by atoms with van der Waals surface area (Å²) in [7, 11) is 0. The van der Waals surface area contributed by atoms with Crippen molar-refractivity contribution in [2.45, 2.75) is 0 Å². The molecule has 0 radical (unpaired) electrons. The fourth-order valence-corrected chi connectivity index (χ4v) is 0. The predicted octanol–water partition coefficient (Wildman–Crippen LogP) is -0.822. The summed E-state index contributed by atoms with van der Waals surface area (Å²) in [5.41, 5.74) is 4.03. The van der Waals surface area contributed by atoms with E-state index in [2.05, 4.69) is 16.5 Å². The van der Waals surface area contributed by atoms with E-state index < -0.39 is 12.2 Å². The molecule has 0 atom stereocenters. The van der Waals surface area contributed by atoms with Gasteiger partial charge in [-0.15, -0.1) is 0 Å². The summed E-state index contributed by atoms with van der Waals surface area (Å²) in [6.45, 7) is 0. The van der Waals surface area contributed by atoms with Crippen molar-refractivity contribution in [3.63, 3.8) is 0 Å². The zero-order valence-corrected chi connectivity index (χ0v) is 4.27. The van der Waals surface area contributed by atoms with Gasteiger partial charge in [-0.05, 0) is 0 Å². The Bertz CT molecular complexity index is 97.1. The maximum absolute atomic E-state index is 9.02. The molecule has 6 N–H and O–H groups in total. The molecule has 0 aromatic carbocycles. The summed E-state index contributed by atoms with van der Waals surface area (Å²) in [6, 6.07) is 0. The van der Waals surface area contributed by atoms with Crippen molar-refractivity contribution in [1.29, 1.82) is 0 Å². The molecule has 0 rings (SSSR count). The molecule has 0 spiro atoms. The van der Waals surface area contributed by atoms with Crippen LogP contribution in [0.2, 0.25) is 0 Å². The number of hydrogen-bond donors (Lipinski definition) is 4. The molecule has 1 amide bonds. The Balaban J connectivity index is 0. The Morgan fingerprint density at radius 2 is 1.44 bits per heavy atom. The molecule has 0 aliphatic carbocycles. The van der Waals surface area contributed by atoms with Crippen molar-refractivity contribution in [2.24, 2.45) is 11.6 Å². The Morgan fingerprint density at radius 3 is 1.44 bits per heavy atom. The highest BCUT2D eigenvalue weighted by Crippen LogP contribution is 1.55. The lowest BCUT2D eigenvalue weighted by Gasteiger charge is -1.77. The number of amides is 1. The van der Waals surface area contributed by atoms with E-state index in [9.17, 15) is 0 Å². The van der Waals surface area contributed by atoms with Crippen molar-refractivity contribution >= 4 is 12.2 Å². The van der Waals surface area contributed by atoms with Gasteiger partial charge in [0.2, 0.25) is 0 Å². The fourth-order valence-electron chi connectivity index (χ4n) is 0. The van der Waals surface area contributed by atoms with E-state index >= 15 is 0 Å². The van der Waals surface area contributed by atoms with Crippen molar-refractivity contribution in [3.05, 3.63) is 0 Å². The lowest BCUT2D eigenvalue weighted by molar-refractivity contribution is 0.0921. The molecule has 0 aliphatic heterocycles. The zero-order chi connectivity index (χ0) is 7.86. The van der Waals surface area contributed by atoms with Gasteiger partial charge in [0, 0.05) is 0 Å². The highest BCUT2D eigenvalue weighted by Gasteiger charge is 1.82. The average Bonchev–Trinajstić information content (AvgIpc) is 1.65. The van der Waals surface area contributed by atoms with Gasteiger partial charge in [-0.2, -0.15) is 5.90 Å². The molecule has 0 heterocycles. The van der Waals surface area contributed by atoms with Crippen LogP contribution in [0.4, 0.5) is 9.59 Å². The lowest BCUT2D eigenvalue weighted by atomic mass is 11.3. The van der Waals surface area contributed by atoms with Gasteiger partial charge in [-0.25, -0.2) is 9.59 Å². The van der Waals surface area contributed by atoms with E-state index in [0.717, 1.165) is 0 Å². The summed E-state index contributed by atoms with van der Waals surface area (Å²) in [6.07, 6.45) is -2.80. The number of nitrogens with two attached hydrogens (primary N) is 2. The number of primary amides is 1. The van der Waals surface area contributed by atoms with Gasteiger partial charge in [0.15, 0.2) is 0 Å². The molecule has 0 aromatic rings. The molecular weight excluding hydrogens is 132 g/mol. The van der Waals surface area contributed by atoms with Crippen LogP contribution in [0.25, 0.3) is 0 Å². The van der Waals surface area contributed by atoms with Crippen molar-refractivity contribution < 1.29 is 24.6 Å². The van der Waals surface area contributed by atoms with Gasteiger partial charge in [0.25, 0.3) is 0 Å². The maximum atomic E-state index is 9.02. The minimum atomic E-state index is -1.47. The number of hydrogen-bond acceptors (Lipinski definition) is 4. The third kappa shape index (κ3) is 526.